The second-order valence-corrected chi connectivity index (χ2v) is 7.36. The molecule has 0 saturated heterocycles. The number of nitrogens with one attached hydrogen (secondary N) is 1. The Labute approximate surface area is 117 Å². The maximum atomic E-state index is 12.2. The lowest BCUT2D eigenvalue weighted by atomic mass is 9.83. The van der Waals surface area contributed by atoms with Crippen LogP contribution in [-0.2, 0) is 9.59 Å². The van der Waals surface area contributed by atoms with Gasteiger partial charge in [-0.15, -0.1) is 0 Å². The van der Waals surface area contributed by atoms with Gasteiger partial charge in [-0.1, -0.05) is 41.5 Å². The molecule has 3 nitrogen and oxygen atoms in total. The van der Waals surface area contributed by atoms with E-state index in [0.29, 0.717) is 18.3 Å². The zero-order chi connectivity index (χ0) is 14.8. The van der Waals surface area contributed by atoms with Crippen molar-refractivity contribution >= 4 is 11.7 Å². The molecule has 0 unspecified atom stereocenters. The summed E-state index contributed by atoms with van der Waals surface area (Å²) in [6.07, 6.45) is 2.57. The van der Waals surface area contributed by atoms with Crippen molar-refractivity contribution in [3.8, 4) is 0 Å². The molecule has 19 heavy (non-hydrogen) atoms. The minimum absolute atomic E-state index is 0.0763. The summed E-state index contributed by atoms with van der Waals surface area (Å²) in [5, 5.41) is 2.98. The van der Waals surface area contributed by atoms with Crippen molar-refractivity contribution in [3.05, 3.63) is 0 Å². The topological polar surface area (TPSA) is 46.2 Å². The minimum atomic E-state index is -0.356. The molecular weight excluding hydrogens is 238 g/mol. The van der Waals surface area contributed by atoms with Gasteiger partial charge in [0.15, 0.2) is 5.78 Å². The number of hydrogen-bond acceptors (Lipinski definition) is 2. The minimum Gasteiger partial charge on any atom is -0.346 e. The maximum absolute atomic E-state index is 12.2. The SMILES string of the molecule is CCC(=O)[C@@H](NC(=O)[C@H]1C[C@H]1CC(C)C)C(C)(C)C. The summed E-state index contributed by atoms with van der Waals surface area (Å²) in [6, 6.07) is -0.356. The second-order valence-electron chi connectivity index (χ2n) is 7.36. The Morgan fingerprint density at radius 3 is 2.26 bits per heavy atom. The van der Waals surface area contributed by atoms with Gasteiger partial charge >= 0.3 is 0 Å². The molecule has 110 valence electrons. The predicted molar refractivity (Wildman–Crippen MR) is 77.7 cm³/mol. The van der Waals surface area contributed by atoms with Gasteiger partial charge in [0.2, 0.25) is 5.91 Å². The van der Waals surface area contributed by atoms with E-state index in [1.807, 2.05) is 27.7 Å². The quantitative estimate of drug-likeness (QED) is 0.803. The highest BCUT2D eigenvalue weighted by atomic mass is 16.2. The molecular formula is C16H29NO2. The van der Waals surface area contributed by atoms with Gasteiger partial charge in [0.1, 0.15) is 0 Å². The van der Waals surface area contributed by atoms with Crippen LogP contribution in [0.25, 0.3) is 0 Å². The molecule has 0 radical (unpaired) electrons. The smallest absolute Gasteiger partial charge is 0.223 e. The number of carbonyl (C=O) groups excluding carboxylic acids is 2. The van der Waals surface area contributed by atoms with Gasteiger partial charge < -0.3 is 5.32 Å². The van der Waals surface area contributed by atoms with E-state index in [0.717, 1.165) is 12.8 Å². The molecule has 1 amide bonds. The van der Waals surface area contributed by atoms with Crippen molar-refractivity contribution in [3.63, 3.8) is 0 Å². The highest BCUT2D eigenvalue weighted by Crippen LogP contribution is 2.43. The lowest BCUT2D eigenvalue weighted by Gasteiger charge is -2.30. The largest absolute Gasteiger partial charge is 0.346 e. The number of ketones is 1. The van der Waals surface area contributed by atoms with Crippen LogP contribution in [0.5, 0.6) is 0 Å². The van der Waals surface area contributed by atoms with Gasteiger partial charge in [-0.2, -0.15) is 0 Å². The van der Waals surface area contributed by atoms with Crippen molar-refractivity contribution in [1.29, 1.82) is 0 Å². The average molecular weight is 267 g/mol. The third kappa shape index (κ3) is 4.63. The maximum Gasteiger partial charge on any atom is 0.223 e. The third-order valence-corrected chi connectivity index (χ3v) is 3.86. The van der Waals surface area contributed by atoms with Crippen LogP contribution in [0.1, 0.15) is 60.8 Å². The second kappa shape index (κ2) is 6.06. The van der Waals surface area contributed by atoms with Crippen molar-refractivity contribution < 1.29 is 9.59 Å². The zero-order valence-electron chi connectivity index (χ0n) is 13.2. The van der Waals surface area contributed by atoms with Gasteiger partial charge in [0.05, 0.1) is 6.04 Å². The first-order valence-electron chi connectivity index (χ1n) is 7.49. The van der Waals surface area contributed by atoms with Crippen molar-refractivity contribution in [1.82, 2.24) is 5.32 Å². The molecule has 3 heteroatoms. The number of amides is 1. The molecule has 1 rings (SSSR count). The van der Waals surface area contributed by atoms with E-state index in [-0.39, 0.29) is 29.1 Å². The fourth-order valence-electron chi connectivity index (χ4n) is 2.67. The molecule has 0 spiro atoms. The predicted octanol–water partition coefficient (Wildman–Crippen LogP) is 3.18. The van der Waals surface area contributed by atoms with Gasteiger partial charge in [-0.3, -0.25) is 9.59 Å². The molecule has 1 fully saturated rings. The van der Waals surface area contributed by atoms with E-state index in [4.69, 9.17) is 0 Å². The summed E-state index contributed by atoms with van der Waals surface area (Å²) in [5.74, 6) is 1.50. The van der Waals surface area contributed by atoms with Crippen LogP contribution >= 0.6 is 0 Å². The third-order valence-electron chi connectivity index (χ3n) is 3.86. The highest BCUT2D eigenvalue weighted by molar-refractivity contribution is 5.91. The fraction of sp³-hybridized carbons (Fsp3) is 0.875. The Hall–Kier alpha value is -0.860. The molecule has 1 saturated carbocycles. The lowest BCUT2D eigenvalue weighted by Crippen LogP contribution is -2.49. The fourth-order valence-corrected chi connectivity index (χ4v) is 2.67. The Morgan fingerprint density at radius 2 is 1.84 bits per heavy atom. The first kappa shape index (κ1) is 16.2. The van der Waals surface area contributed by atoms with Crippen molar-refractivity contribution in [2.24, 2.45) is 23.2 Å². The molecule has 3 atom stereocenters. The van der Waals surface area contributed by atoms with Gasteiger partial charge in [0, 0.05) is 12.3 Å². The molecule has 0 aromatic carbocycles. The van der Waals surface area contributed by atoms with E-state index in [1.165, 1.54) is 0 Å². The van der Waals surface area contributed by atoms with Crippen LogP contribution in [-0.4, -0.2) is 17.7 Å². The van der Waals surface area contributed by atoms with E-state index < -0.39 is 0 Å². The van der Waals surface area contributed by atoms with Crippen molar-refractivity contribution in [2.75, 3.05) is 0 Å². The monoisotopic (exact) mass is 267 g/mol. The molecule has 0 aliphatic heterocycles. The molecule has 1 aliphatic carbocycles. The highest BCUT2D eigenvalue weighted by Gasteiger charge is 2.44. The van der Waals surface area contributed by atoms with Gasteiger partial charge in [-0.25, -0.2) is 0 Å². The standard InChI is InChI=1S/C16H29NO2/c1-7-13(18)14(16(4,5)6)17-15(19)12-9-11(12)8-10(2)3/h10-12,14H,7-9H2,1-6H3,(H,17,19)/t11-,12+,14-/m1/s1. The Bertz CT molecular complexity index is 341. The summed E-state index contributed by atoms with van der Waals surface area (Å²) in [7, 11) is 0. The van der Waals surface area contributed by atoms with E-state index >= 15 is 0 Å². The summed E-state index contributed by atoms with van der Waals surface area (Å²) in [4.78, 5) is 24.2. The first-order valence-corrected chi connectivity index (χ1v) is 7.49. The van der Waals surface area contributed by atoms with Crippen LogP contribution < -0.4 is 5.32 Å². The zero-order valence-corrected chi connectivity index (χ0v) is 13.2. The van der Waals surface area contributed by atoms with Gasteiger partial charge in [0.25, 0.3) is 0 Å². The molecule has 0 heterocycles. The van der Waals surface area contributed by atoms with E-state index in [1.54, 1.807) is 0 Å². The van der Waals surface area contributed by atoms with Crippen LogP contribution in [0, 0.1) is 23.2 Å². The molecule has 1 aliphatic rings. The van der Waals surface area contributed by atoms with Gasteiger partial charge in [-0.05, 0) is 30.1 Å². The van der Waals surface area contributed by atoms with Crippen molar-refractivity contribution in [2.45, 2.75) is 66.8 Å². The molecule has 1 N–H and O–H groups in total. The Kier molecular flexibility index (Phi) is 5.17. The molecule has 0 bridgehead atoms. The Balaban J connectivity index is 2.57. The number of carbonyl (C=O) groups is 2. The summed E-state index contributed by atoms with van der Waals surface area (Å²) < 4.78 is 0. The average Bonchev–Trinajstić information content (AvgIpc) is 3.01. The summed E-state index contributed by atoms with van der Waals surface area (Å²) in [5.41, 5.74) is -0.217. The van der Waals surface area contributed by atoms with Crippen LogP contribution in [0.2, 0.25) is 0 Å². The van der Waals surface area contributed by atoms with Crippen LogP contribution in [0.3, 0.4) is 0 Å². The molecule has 0 aromatic heterocycles. The van der Waals surface area contributed by atoms with E-state index in [9.17, 15) is 9.59 Å². The molecule has 0 aromatic rings. The normalized spacial score (nSPS) is 24.2. The summed E-state index contributed by atoms with van der Waals surface area (Å²) in [6.45, 7) is 12.2. The van der Waals surface area contributed by atoms with E-state index in [2.05, 4.69) is 19.2 Å². The first-order chi connectivity index (χ1) is 8.66. The lowest BCUT2D eigenvalue weighted by molar-refractivity contribution is -0.131. The van der Waals surface area contributed by atoms with Crippen LogP contribution in [0.4, 0.5) is 0 Å². The Morgan fingerprint density at radius 1 is 1.26 bits per heavy atom. The van der Waals surface area contributed by atoms with Crippen LogP contribution in [0.15, 0.2) is 0 Å². The number of Topliss-reactive ketones (excluding diaryl/α,β-unsaturated/α-hetero) is 1. The number of hydrogen-bond donors (Lipinski definition) is 1. The number of rotatable bonds is 6. The summed E-state index contributed by atoms with van der Waals surface area (Å²) >= 11 is 0.